The van der Waals surface area contributed by atoms with Gasteiger partial charge >= 0.3 is 0 Å². The molecule has 98 valence electrons. The van der Waals surface area contributed by atoms with E-state index in [-0.39, 0.29) is 5.69 Å². The van der Waals surface area contributed by atoms with E-state index in [0.717, 1.165) is 26.1 Å². The lowest BCUT2D eigenvalue weighted by atomic mass is 9.93. The molecule has 3 N–H and O–H groups in total. The molecule has 0 saturated carbocycles. The molecule has 0 aromatic carbocycles. The molecule has 18 heavy (non-hydrogen) atoms. The molecule has 1 aromatic rings. The second-order valence-electron chi connectivity index (χ2n) is 4.55. The number of rotatable bonds is 4. The van der Waals surface area contributed by atoms with Crippen LogP contribution in [0.3, 0.4) is 0 Å². The first kappa shape index (κ1) is 12.8. The van der Waals surface area contributed by atoms with Gasteiger partial charge in [-0.25, -0.2) is 0 Å². The molecule has 6 nitrogen and oxygen atoms in total. The molecule has 1 atom stereocenters. The van der Waals surface area contributed by atoms with Crippen molar-refractivity contribution >= 4 is 11.7 Å². The molecule has 1 aliphatic heterocycles. The Bertz CT molecular complexity index is 401. The Morgan fingerprint density at radius 3 is 2.72 bits per heavy atom. The van der Waals surface area contributed by atoms with Crippen LogP contribution in [0.4, 0.5) is 5.82 Å². The third-order valence-corrected chi connectivity index (χ3v) is 3.27. The Kier molecular flexibility index (Phi) is 4.09. The molecule has 2 rings (SSSR count). The van der Waals surface area contributed by atoms with Crippen LogP contribution in [0.15, 0.2) is 12.1 Å². The molecule has 0 radical (unpaired) electrons. The summed E-state index contributed by atoms with van der Waals surface area (Å²) in [6, 6.07) is 3.61. The Hall–Kier alpha value is -1.69. The number of nitrogens with zero attached hydrogens (tertiary/aromatic N) is 2. The van der Waals surface area contributed by atoms with E-state index in [4.69, 9.17) is 10.5 Å². The van der Waals surface area contributed by atoms with Crippen molar-refractivity contribution in [2.75, 3.05) is 18.5 Å². The lowest BCUT2D eigenvalue weighted by Crippen LogP contribution is -2.31. The lowest BCUT2D eigenvalue weighted by Gasteiger charge is -2.28. The smallest absolute Gasteiger partial charge is 0.269 e. The highest BCUT2D eigenvalue weighted by Crippen LogP contribution is 2.20. The number of amides is 1. The van der Waals surface area contributed by atoms with E-state index in [1.54, 1.807) is 12.1 Å². The molecule has 0 bridgehead atoms. The minimum Gasteiger partial charge on any atom is -0.381 e. The molecular formula is C12H18N4O2. The number of carbonyl (C=O) groups is 1. The Morgan fingerprint density at radius 2 is 2.17 bits per heavy atom. The van der Waals surface area contributed by atoms with Crippen LogP contribution in [0, 0.1) is 5.92 Å². The molecular weight excluding hydrogens is 232 g/mol. The summed E-state index contributed by atoms with van der Waals surface area (Å²) in [5.74, 6) is 0.682. The number of ether oxygens (including phenoxy) is 1. The molecule has 0 spiro atoms. The summed E-state index contributed by atoms with van der Waals surface area (Å²) in [4.78, 5) is 10.9. The van der Waals surface area contributed by atoms with Crippen molar-refractivity contribution in [1.29, 1.82) is 0 Å². The van der Waals surface area contributed by atoms with Gasteiger partial charge in [0.25, 0.3) is 5.91 Å². The number of anilines is 1. The first-order valence-corrected chi connectivity index (χ1v) is 6.14. The number of hydrogen-bond donors (Lipinski definition) is 2. The molecule has 2 heterocycles. The topological polar surface area (TPSA) is 90.1 Å². The van der Waals surface area contributed by atoms with Crippen LogP contribution in [0.25, 0.3) is 0 Å². The van der Waals surface area contributed by atoms with Crippen molar-refractivity contribution in [3.63, 3.8) is 0 Å². The average molecular weight is 250 g/mol. The van der Waals surface area contributed by atoms with Gasteiger partial charge in [-0.05, 0) is 37.8 Å². The number of carbonyl (C=O) groups excluding carboxylic acids is 1. The third-order valence-electron chi connectivity index (χ3n) is 3.27. The predicted octanol–water partition coefficient (Wildman–Crippen LogP) is 0.802. The van der Waals surface area contributed by atoms with Crippen LogP contribution >= 0.6 is 0 Å². The van der Waals surface area contributed by atoms with Gasteiger partial charge in [-0.2, -0.15) is 0 Å². The fourth-order valence-corrected chi connectivity index (χ4v) is 2.11. The zero-order valence-electron chi connectivity index (χ0n) is 10.4. The van der Waals surface area contributed by atoms with E-state index >= 15 is 0 Å². The molecule has 1 saturated heterocycles. The highest BCUT2D eigenvalue weighted by atomic mass is 16.5. The van der Waals surface area contributed by atoms with Crippen molar-refractivity contribution in [3.05, 3.63) is 17.8 Å². The van der Waals surface area contributed by atoms with Gasteiger partial charge in [0.1, 0.15) is 5.82 Å². The highest BCUT2D eigenvalue weighted by molar-refractivity contribution is 5.90. The van der Waals surface area contributed by atoms with Crippen molar-refractivity contribution in [3.8, 4) is 0 Å². The SMILES string of the molecule is CC(Nc1ccc(C(N)=O)nn1)C1CCOCC1. The van der Waals surface area contributed by atoms with E-state index in [1.165, 1.54) is 0 Å². The number of hydrogen-bond acceptors (Lipinski definition) is 5. The molecule has 1 aliphatic rings. The van der Waals surface area contributed by atoms with Crippen LogP contribution in [0.1, 0.15) is 30.3 Å². The van der Waals surface area contributed by atoms with E-state index < -0.39 is 5.91 Å². The largest absolute Gasteiger partial charge is 0.381 e. The normalized spacial score (nSPS) is 18.3. The summed E-state index contributed by atoms with van der Waals surface area (Å²) in [5.41, 5.74) is 5.29. The summed E-state index contributed by atoms with van der Waals surface area (Å²) in [7, 11) is 0. The second-order valence-corrected chi connectivity index (χ2v) is 4.55. The van der Waals surface area contributed by atoms with Crippen molar-refractivity contribution in [1.82, 2.24) is 10.2 Å². The Balaban J connectivity index is 1.93. The van der Waals surface area contributed by atoms with Crippen LogP contribution in [-0.2, 0) is 4.74 Å². The zero-order chi connectivity index (χ0) is 13.0. The van der Waals surface area contributed by atoms with Crippen LogP contribution in [0.2, 0.25) is 0 Å². The van der Waals surface area contributed by atoms with Crippen LogP contribution in [0.5, 0.6) is 0 Å². The molecule has 1 amide bonds. The van der Waals surface area contributed by atoms with E-state index in [0.29, 0.717) is 17.8 Å². The Morgan fingerprint density at radius 1 is 1.44 bits per heavy atom. The highest BCUT2D eigenvalue weighted by Gasteiger charge is 2.20. The first-order valence-electron chi connectivity index (χ1n) is 6.14. The van der Waals surface area contributed by atoms with Gasteiger partial charge in [-0.1, -0.05) is 0 Å². The van der Waals surface area contributed by atoms with E-state index in [9.17, 15) is 4.79 Å². The summed E-state index contributed by atoms with van der Waals surface area (Å²) in [6.45, 7) is 3.77. The summed E-state index contributed by atoms with van der Waals surface area (Å²) in [6.07, 6.45) is 2.11. The molecule has 6 heteroatoms. The fourth-order valence-electron chi connectivity index (χ4n) is 2.11. The molecule has 1 aromatic heterocycles. The fraction of sp³-hybridized carbons (Fsp3) is 0.583. The second kappa shape index (κ2) is 5.77. The van der Waals surface area contributed by atoms with Crippen LogP contribution in [-0.4, -0.2) is 35.4 Å². The number of primary amides is 1. The maximum atomic E-state index is 10.9. The number of aromatic nitrogens is 2. The first-order chi connectivity index (χ1) is 8.66. The van der Waals surface area contributed by atoms with Gasteiger partial charge in [0.15, 0.2) is 5.69 Å². The van der Waals surface area contributed by atoms with Crippen LogP contribution < -0.4 is 11.1 Å². The molecule has 1 fully saturated rings. The third kappa shape index (κ3) is 3.16. The average Bonchev–Trinajstić information content (AvgIpc) is 2.40. The standard InChI is InChI=1S/C12H18N4O2/c1-8(9-4-6-18-7-5-9)14-11-3-2-10(12(13)17)15-16-11/h2-3,8-9H,4-7H2,1H3,(H2,13,17)(H,14,16). The number of nitrogens with one attached hydrogen (secondary N) is 1. The minimum absolute atomic E-state index is 0.180. The predicted molar refractivity (Wildman–Crippen MR) is 67.2 cm³/mol. The van der Waals surface area contributed by atoms with E-state index in [1.807, 2.05) is 0 Å². The molecule has 1 unspecified atom stereocenters. The summed E-state index contributed by atoms with van der Waals surface area (Å²) in [5, 5.41) is 11.0. The summed E-state index contributed by atoms with van der Waals surface area (Å²) < 4.78 is 5.34. The van der Waals surface area contributed by atoms with Gasteiger partial charge in [0.2, 0.25) is 0 Å². The van der Waals surface area contributed by atoms with Gasteiger partial charge in [0, 0.05) is 19.3 Å². The quantitative estimate of drug-likeness (QED) is 0.825. The monoisotopic (exact) mass is 250 g/mol. The van der Waals surface area contributed by atoms with Crippen molar-refractivity contribution < 1.29 is 9.53 Å². The van der Waals surface area contributed by atoms with Crippen molar-refractivity contribution in [2.45, 2.75) is 25.8 Å². The van der Waals surface area contributed by atoms with Crippen molar-refractivity contribution in [2.24, 2.45) is 11.7 Å². The maximum Gasteiger partial charge on any atom is 0.269 e. The van der Waals surface area contributed by atoms with Gasteiger partial charge in [-0.3, -0.25) is 4.79 Å². The van der Waals surface area contributed by atoms with E-state index in [2.05, 4.69) is 22.4 Å². The lowest BCUT2D eigenvalue weighted by molar-refractivity contribution is 0.0622. The summed E-state index contributed by atoms with van der Waals surface area (Å²) >= 11 is 0. The van der Waals surface area contributed by atoms with Gasteiger partial charge < -0.3 is 15.8 Å². The minimum atomic E-state index is -0.563. The Labute approximate surface area is 106 Å². The van der Waals surface area contributed by atoms with Gasteiger partial charge in [-0.15, -0.1) is 10.2 Å². The maximum absolute atomic E-state index is 10.9. The van der Waals surface area contributed by atoms with Gasteiger partial charge in [0.05, 0.1) is 0 Å². The molecule has 0 aliphatic carbocycles. The number of nitrogens with two attached hydrogens (primary N) is 1. The zero-order valence-corrected chi connectivity index (χ0v) is 10.4.